The molecule has 0 atom stereocenters. The van der Waals surface area contributed by atoms with Gasteiger partial charge < -0.3 is 0 Å². The predicted molar refractivity (Wildman–Crippen MR) is 75.5 cm³/mol. The fourth-order valence-electron chi connectivity index (χ4n) is 1.81. The van der Waals surface area contributed by atoms with Crippen molar-refractivity contribution in [3.05, 3.63) is 33.8 Å². The minimum absolute atomic E-state index is 1.26. The van der Waals surface area contributed by atoms with Crippen molar-refractivity contribution in [2.45, 2.75) is 39.0 Å². The number of hydrogen-bond acceptors (Lipinski definition) is 2. The lowest BCUT2D eigenvalue weighted by Gasteiger charge is -1.96. The van der Waals surface area contributed by atoms with Gasteiger partial charge in [0, 0.05) is 15.3 Å². The van der Waals surface area contributed by atoms with E-state index < -0.39 is 0 Å². The van der Waals surface area contributed by atoms with Crippen LogP contribution in [-0.2, 0) is 6.42 Å². The highest BCUT2D eigenvalue weighted by molar-refractivity contribution is 7.14. The van der Waals surface area contributed by atoms with Crippen molar-refractivity contribution >= 4 is 22.7 Å². The molecule has 0 aliphatic rings. The molecule has 2 aromatic rings. The predicted octanol–water partition coefficient (Wildman–Crippen LogP) is 5.60. The van der Waals surface area contributed by atoms with Crippen molar-refractivity contribution in [2.24, 2.45) is 0 Å². The maximum Gasteiger partial charge on any atom is 0.0351 e. The van der Waals surface area contributed by atoms with Crippen LogP contribution in [0.4, 0.5) is 0 Å². The van der Waals surface area contributed by atoms with Crippen molar-refractivity contribution in [2.75, 3.05) is 0 Å². The van der Waals surface area contributed by atoms with E-state index in [2.05, 4.69) is 35.9 Å². The molecule has 0 aromatic carbocycles. The van der Waals surface area contributed by atoms with Crippen LogP contribution in [-0.4, -0.2) is 0 Å². The summed E-state index contributed by atoms with van der Waals surface area (Å²) in [6.45, 7) is 2.26. The zero-order chi connectivity index (χ0) is 11.2. The Kier molecular flexibility index (Phi) is 4.61. The van der Waals surface area contributed by atoms with Gasteiger partial charge in [0.05, 0.1) is 0 Å². The average Bonchev–Trinajstić information content (AvgIpc) is 2.94. The van der Waals surface area contributed by atoms with Crippen LogP contribution < -0.4 is 0 Å². The summed E-state index contributed by atoms with van der Waals surface area (Å²) < 4.78 is 0. The maximum atomic E-state index is 2.36. The van der Waals surface area contributed by atoms with Gasteiger partial charge in [-0.05, 0) is 35.7 Å². The largest absolute Gasteiger partial charge is 0.148 e. The summed E-state index contributed by atoms with van der Waals surface area (Å²) in [6, 6.07) is 6.69. The molecule has 16 heavy (non-hydrogen) atoms. The number of rotatable bonds is 6. The van der Waals surface area contributed by atoms with Crippen LogP contribution in [0.1, 0.15) is 37.5 Å². The molecule has 2 aromatic heterocycles. The van der Waals surface area contributed by atoms with Gasteiger partial charge in [0.1, 0.15) is 0 Å². The maximum absolute atomic E-state index is 2.36. The van der Waals surface area contributed by atoms with Crippen molar-refractivity contribution in [3.8, 4) is 10.4 Å². The molecule has 0 nitrogen and oxygen atoms in total. The van der Waals surface area contributed by atoms with E-state index in [4.69, 9.17) is 0 Å². The SMILES string of the molecule is CCCCCCc1cc(-c2cccs2)cs1. The first-order valence-corrected chi connectivity index (χ1v) is 7.77. The molecular weight excluding hydrogens is 232 g/mol. The van der Waals surface area contributed by atoms with Crippen LogP contribution in [0.25, 0.3) is 10.4 Å². The first-order valence-electron chi connectivity index (χ1n) is 6.01. The van der Waals surface area contributed by atoms with E-state index in [1.807, 2.05) is 22.7 Å². The van der Waals surface area contributed by atoms with Crippen LogP contribution in [0.3, 0.4) is 0 Å². The summed E-state index contributed by atoms with van der Waals surface area (Å²) in [4.78, 5) is 2.94. The Bertz CT molecular complexity index is 398. The fourth-order valence-corrected chi connectivity index (χ4v) is 3.53. The fraction of sp³-hybridized carbons (Fsp3) is 0.429. The van der Waals surface area contributed by atoms with Gasteiger partial charge in [0.25, 0.3) is 0 Å². The molecule has 0 aliphatic heterocycles. The highest BCUT2D eigenvalue weighted by Crippen LogP contribution is 2.29. The normalized spacial score (nSPS) is 10.8. The second-order valence-electron chi connectivity index (χ2n) is 4.09. The summed E-state index contributed by atoms with van der Waals surface area (Å²) in [5, 5.41) is 4.44. The zero-order valence-electron chi connectivity index (χ0n) is 9.74. The minimum atomic E-state index is 1.26. The summed E-state index contributed by atoms with van der Waals surface area (Å²) in [5.41, 5.74) is 1.41. The summed E-state index contributed by atoms with van der Waals surface area (Å²) in [7, 11) is 0. The van der Waals surface area contributed by atoms with E-state index in [0.717, 1.165) is 0 Å². The molecule has 0 bridgehead atoms. The molecule has 86 valence electrons. The lowest BCUT2D eigenvalue weighted by Crippen LogP contribution is -1.80. The molecule has 0 unspecified atom stereocenters. The van der Waals surface area contributed by atoms with E-state index >= 15 is 0 Å². The third-order valence-electron chi connectivity index (χ3n) is 2.74. The van der Waals surface area contributed by atoms with E-state index in [1.54, 1.807) is 4.88 Å². The number of unbranched alkanes of at least 4 members (excludes halogenated alkanes) is 3. The average molecular weight is 250 g/mol. The Morgan fingerprint density at radius 3 is 2.81 bits per heavy atom. The van der Waals surface area contributed by atoms with Gasteiger partial charge in [-0.1, -0.05) is 32.3 Å². The van der Waals surface area contributed by atoms with Gasteiger partial charge in [0.2, 0.25) is 0 Å². The highest BCUT2D eigenvalue weighted by Gasteiger charge is 2.02. The molecule has 0 radical (unpaired) electrons. The van der Waals surface area contributed by atoms with Crippen LogP contribution >= 0.6 is 22.7 Å². The quantitative estimate of drug-likeness (QED) is 0.585. The van der Waals surface area contributed by atoms with Crippen LogP contribution in [0, 0.1) is 0 Å². The molecule has 0 saturated heterocycles. The first-order chi connectivity index (χ1) is 7.90. The molecule has 0 N–H and O–H groups in total. The molecule has 0 spiro atoms. The van der Waals surface area contributed by atoms with E-state index in [0.29, 0.717) is 0 Å². The van der Waals surface area contributed by atoms with Crippen LogP contribution in [0.5, 0.6) is 0 Å². The molecule has 2 rings (SSSR count). The molecule has 0 amide bonds. The Labute approximate surface area is 106 Å². The smallest absolute Gasteiger partial charge is 0.0351 e. The standard InChI is InChI=1S/C14H18S2/c1-2-3-4-5-7-13-10-12(11-16-13)14-8-6-9-15-14/h6,8-11H,2-5,7H2,1H3. The van der Waals surface area contributed by atoms with E-state index in [9.17, 15) is 0 Å². The Morgan fingerprint density at radius 2 is 2.06 bits per heavy atom. The highest BCUT2D eigenvalue weighted by atomic mass is 32.1. The second-order valence-corrected chi connectivity index (χ2v) is 6.03. The first kappa shape index (κ1) is 11.9. The van der Waals surface area contributed by atoms with Gasteiger partial charge in [-0.25, -0.2) is 0 Å². The van der Waals surface area contributed by atoms with Crippen molar-refractivity contribution in [3.63, 3.8) is 0 Å². The van der Waals surface area contributed by atoms with E-state index in [-0.39, 0.29) is 0 Å². The van der Waals surface area contributed by atoms with Crippen molar-refractivity contribution in [1.82, 2.24) is 0 Å². The topological polar surface area (TPSA) is 0 Å². The number of aryl methyl sites for hydroxylation is 1. The van der Waals surface area contributed by atoms with Gasteiger partial charge in [-0.3, -0.25) is 0 Å². The summed E-state index contributed by atoms with van der Waals surface area (Å²) >= 11 is 3.74. The molecular formula is C14H18S2. The lowest BCUT2D eigenvalue weighted by molar-refractivity contribution is 0.670. The Morgan fingerprint density at radius 1 is 1.12 bits per heavy atom. The van der Waals surface area contributed by atoms with Crippen LogP contribution in [0.2, 0.25) is 0 Å². The third kappa shape index (κ3) is 3.19. The third-order valence-corrected chi connectivity index (χ3v) is 4.65. The second kappa shape index (κ2) is 6.21. The number of thiophene rings is 2. The Hall–Kier alpha value is -0.600. The van der Waals surface area contributed by atoms with Crippen molar-refractivity contribution < 1.29 is 0 Å². The van der Waals surface area contributed by atoms with Gasteiger partial charge in [-0.15, -0.1) is 22.7 Å². The molecule has 0 saturated carbocycles. The molecule has 0 aliphatic carbocycles. The van der Waals surface area contributed by atoms with Gasteiger partial charge in [-0.2, -0.15) is 0 Å². The lowest BCUT2D eigenvalue weighted by atomic mass is 10.1. The Balaban J connectivity index is 1.88. The molecule has 2 heterocycles. The number of hydrogen-bond donors (Lipinski definition) is 0. The van der Waals surface area contributed by atoms with Crippen LogP contribution in [0.15, 0.2) is 29.0 Å². The van der Waals surface area contributed by atoms with E-state index in [1.165, 1.54) is 42.5 Å². The minimum Gasteiger partial charge on any atom is -0.148 e. The van der Waals surface area contributed by atoms with Crippen molar-refractivity contribution in [1.29, 1.82) is 0 Å². The monoisotopic (exact) mass is 250 g/mol. The molecule has 0 fully saturated rings. The molecule has 2 heteroatoms. The van der Waals surface area contributed by atoms with Gasteiger partial charge >= 0.3 is 0 Å². The summed E-state index contributed by atoms with van der Waals surface area (Å²) in [5.74, 6) is 0. The summed E-state index contributed by atoms with van der Waals surface area (Å²) in [6.07, 6.45) is 6.69. The van der Waals surface area contributed by atoms with Gasteiger partial charge in [0.15, 0.2) is 0 Å². The zero-order valence-corrected chi connectivity index (χ0v) is 11.4.